The average molecular weight is 202 g/mol. The van der Waals surface area contributed by atoms with Crippen molar-refractivity contribution in [1.29, 1.82) is 0 Å². The van der Waals surface area contributed by atoms with Gasteiger partial charge in [-0.2, -0.15) is 0 Å². The third kappa shape index (κ3) is 1.67. The van der Waals surface area contributed by atoms with E-state index in [4.69, 9.17) is 0 Å². The first-order chi connectivity index (χ1) is 7.24. The number of hydrogen-bond acceptors (Lipinski definition) is 3. The molecule has 0 atom stereocenters. The maximum Gasteiger partial charge on any atom is 0.147 e. The third-order valence-electron chi connectivity index (χ3n) is 2.62. The Morgan fingerprint density at radius 1 is 1.27 bits per heavy atom. The second kappa shape index (κ2) is 3.89. The number of benzene rings is 1. The van der Waals surface area contributed by atoms with E-state index in [1.807, 2.05) is 48.3 Å². The summed E-state index contributed by atoms with van der Waals surface area (Å²) >= 11 is 0. The van der Waals surface area contributed by atoms with Gasteiger partial charge in [0.2, 0.25) is 0 Å². The molecule has 1 aromatic rings. The number of hydrogen-bond donors (Lipinski definition) is 0. The van der Waals surface area contributed by atoms with Gasteiger partial charge in [-0.25, -0.2) is 9.80 Å². The zero-order valence-electron chi connectivity index (χ0n) is 9.03. The van der Waals surface area contributed by atoms with Crippen LogP contribution in [0.3, 0.4) is 0 Å². The molecule has 0 spiro atoms. The molecule has 1 heterocycles. The van der Waals surface area contributed by atoms with Crippen LogP contribution in [0.25, 0.3) is 0 Å². The molecule has 1 aliphatic heterocycles. The molecule has 3 heteroatoms. The molecule has 1 aliphatic rings. The van der Waals surface area contributed by atoms with E-state index in [0.29, 0.717) is 5.70 Å². The summed E-state index contributed by atoms with van der Waals surface area (Å²) in [6, 6.07) is 8.16. The normalized spacial score (nSPS) is 15.1. The molecule has 0 amide bonds. The van der Waals surface area contributed by atoms with E-state index in [2.05, 4.69) is 6.07 Å². The maximum absolute atomic E-state index is 10.9. The number of hydrazine groups is 1. The Bertz CT molecular complexity index is 419. The van der Waals surface area contributed by atoms with Gasteiger partial charge in [-0.3, -0.25) is 5.01 Å². The Morgan fingerprint density at radius 2 is 2.00 bits per heavy atom. The van der Waals surface area contributed by atoms with Crippen molar-refractivity contribution < 1.29 is 4.79 Å². The van der Waals surface area contributed by atoms with Gasteiger partial charge in [-0.1, -0.05) is 18.2 Å². The quantitative estimate of drug-likeness (QED) is 0.647. The molecule has 1 aromatic carbocycles. The smallest absolute Gasteiger partial charge is 0.147 e. The molecule has 0 N–H and O–H groups in total. The van der Waals surface area contributed by atoms with E-state index >= 15 is 0 Å². The van der Waals surface area contributed by atoms with E-state index in [1.165, 1.54) is 5.56 Å². The number of rotatable bonds is 1. The van der Waals surface area contributed by atoms with Crippen LogP contribution in [0.2, 0.25) is 0 Å². The Labute approximate surface area is 89.6 Å². The lowest BCUT2D eigenvalue weighted by molar-refractivity contribution is 0.388. The van der Waals surface area contributed by atoms with Crippen LogP contribution in [0, 0.1) is 0 Å². The molecular weight excluding hydrogens is 188 g/mol. The summed E-state index contributed by atoms with van der Waals surface area (Å²) in [6.07, 6.45) is 1.68. The van der Waals surface area contributed by atoms with Crippen LogP contribution in [0.15, 0.2) is 30.0 Å². The number of fused-ring (bicyclic) bond motifs is 1. The number of para-hydroxylation sites is 1. The molecular formula is C12H14N2O. The second-order valence-electron chi connectivity index (χ2n) is 3.84. The van der Waals surface area contributed by atoms with Crippen molar-refractivity contribution in [2.75, 3.05) is 19.1 Å². The van der Waals surface area contributed by atoms with E-state index < -0.39 is 0 Å². The minimum atomic E-state index is 0.707. The van der Waals surface area contributed by atoms with Crippen molar-refractivity contribution in [3.05, 3.63) is 35.5 Å². The van der Waals surface area contributed by atoms with Gasteiger partial charge in [0.15, 0.2) is 0 Å². The van der Waals surface area contributed by atoms with Gasteiger partial charge < -0.3 is 0 Å². The third-order valence-corrected chi connectivity index (χ3v) is 2.62. The second-order valence-corrected chi connectivity index (χ2v) is 3.84. The number of aryl methyl sites for hydroxylation is 1. The lowest BCUT2D eigenvalue weighted by Gasteiger charge is -2.35. The van der Waals surface area contributed by atoms with Gasteiger partial charge in [0.1, 0.15) is 11.6 Å². The van der Waals surface area contributed by atoms with Crippen LogP contribution in [-0.4, -0.2) is 25.0 Å². The summed E-state index contributed by atoms with van der Waals surface area (Å²) < 4.78 is 0. The zero-order chi connectivity index (χ0) is 10.8. The topological polar surface area (TPSA) is 23.6 Å². The molecule has 0 saturated heterocycles. The number of anilines is 1. The van der Waals surface area contributed by atoms with Crippen LogP contribution < -0.4 is 5.01 Å². The SMILES string of the molecule is CN(C)N1C(=C=O)CCc2ccccc21. The van der Waals surface area contributed by atoms with Gasteiger partial charge in [0.25, 0.3) is 0 Å². The molecule has 3 nitrogen and oxygen atoms in total. The maximum atomic E-state index is 10.9. The molecule has 0 radical (unpaired) electrons. The standard InChI is InChI=1S/C12H14N2O/c1-13(2)14-11(9-15)8-7-10-5-3-4-6-12(10)14/h3-6H,7-8H2,1-2H3. The summed E-state index contributed by atoms with van der Waals surface area (Å²) in [5, 5.41) is 3.84. The molecule has 0 aliphatic carbocycles. The molecule has 15 heavy (non-hydrogen) atoms. The van der Waals surface area contributed by atoms with Crippen molar-refractivity contribution in [3.8, 4) is 0 Å². The van der Waals surface area contributed by atoms with Gasteiger partial charge in [-0.05, 0) is 18.1 Å². The van der Waals surface area contributed by atoms with Crippen molar-refractivity contribution in [2.45, 2.75) is 12.8 Å². The summed E-state index contributed by atoms with van der Waals surface area (Å²) in [6.45, 7) is 0. The van der Waals surface area contributed by atoms with Crippen LogP contribution in [-0.2, 0) is 11.2 Å². The lowest BCUT2D eigenvalue weighted by Crippen LogP contribution is -2.39. The Morgan fingerprint density at radius 3 is 2.67 bits per heavy atom. The minimum Gasteiger partial charge on any atom is -0.268 e. The fourth-order valence-corrected chi connectivity index (χ4v) is 1.98. The first kappa shape index (κ1) is 9.97. The average Bonchev–Trinajstić information content (AvgIpc) is 2.27. The molecule has 0 fully saturated rings. The van der Waals surface area contributed by atoms with E-state index in [9.17, 15) is 4.79 Å². The highest BCUT2D eigenvalue weighted by Gasteiger charge is 2.23. The van der Waals surface area contributed by atoms with Gasteiger partial charge in [0.05, 0.1) is 5.69 Å². The van der Waals surface area contributed by atoms with Crippen molar-refractivity contribution >= 4 is 11.6 Å². The lowest BCUT2D eigenvalue weighted by atomic mass is 10.0. The van der Waals surface area contributed by atoms with Gasteiger partial charge in [-0.15, -0.1) is 0 Å². The first-order valence-corrected chi connectivity index (χ1v) is 5.03. The van der Waals surface area contributed by atoms with Crippen LogP contribution in [0.1, 0.15) is 12.0 Å². The number of allylic oxidation sites excluding steroid dienone is 1. The first-order valence-electron chi connectivity index (χ1n) is 5.03. The molecule has 2 rings (SSSR count). The highest BCUT2D eigenvalue weighted by molar-refractivity contribution is 5.68. The zero-order valence-corrected chi connectivity index (χ0v) is 9.03. The monoisotopic (exact) mass is 202 g/mol. The van der Waals surface area contributed by atoms with Crippen LogP contribution in [0.5, 0.6) is 0 Å². The van der Waals surface area contributed by atoms with Crippen LogP contribution >= 0.6 is 0 Å². The van der Waals surface area contributed by atoms with Crippen molar-refractivity contribution in [3.63, 3.8) is 0 Å². The highest BCUT2D eigenvalue weighted by atomic mass is 16.1. The van der Waals surface area contributed by atoms with Crippen molar-refractivity contribution in [2.24, 2.45) is 0 Å². The molecule has 78 valence electrons. The minimum absolute atomic E-state index is 0.707. The fourth-order valence-electron chi connectivity index (χ4n) is 1.98. The fraction of sp³-hybridized carbons (Fsp3) is 0.333. The molecule has 0 bridgehead atoms. The Balaban J connectivity index is 2.52. The van der Waals surface area contributed by atoms with Gasteiger partial charge >= 0.3 is 0 Å². The highest BCUT2D eigenvalue weighted by Crippen LogP contribution is 2.31. The van der Waals surface area contributed by atoms with Crippen molar-refractivity contribution in [1.82, 2.24) is 5.01 Å². The van der Waals surface area contributed by atoms with E-state index in [1.54, 1.807) is 0 Å². The molecule has 0 aromatic heterocycles. The van der Waals surface area contributed by atoms with E-state index in [-0.39, 0.29) is 0 Å². The molecule has 0 saturated carbocycles. The Hall–Kier alpha value is -1.57. The summed E-state index contributed by atoms with van der Waals surface area (Å²) in [5.74, 6) is 2.03. The summed E-state index contributed by atoms with van der Waals surface area (Å²) in [7, 11) is 3.86. The summed E-state index contributed by atoms with van der Waals surface area (Å²) in [5.41, 5.74) is 3.08. The molecule has 0 unspecified atom stereocenters. The van der Waals surface area contributed by atoms with E-state index in [0.717, 1.165) is 18.5 Å². The predicted molar refractivity (Wildman–Crippen MR) is 60.1 cm³/mol. The van der Waals surface area contributed by atoms with Crippen LogP contribution in [0.4, 0.5) is 5.69 Å². The largest absolute Gasteiger partial charge is 0.268 e. The van der Waals surface area contributed by atoms with Gasteiger partial charge in [0, 0.05) is 20.5 Å². The Kier molecular flexibility index (Phi) is 2.58. The number of carbonyl (C=O) groups excluding carboxylic acids is 1. The number of nitrogens with zero attached hydrogens (tertiary/aromatic N) is 2. The predicted octanol–water partition coefficient (Wildman–Crippen LogP) is 1.63. The summed E-state index contributed by atoms with van der Waals surface area (Å²) in [4.78, 5) is 10.9.